The van der Waals surface area contributed by atoms with Crippen LogP contribution in [0.25, 0.3) is 0 Å². The first kappa shape index (κ1) is 15.7. The van der Waals surface area contributed by atoms with E-state index in [4.69, 9.17) is 5.11 Å². The Bertz CT molecular complexity index is 142. The van der Waals surface area contributed by atoms with E-state index in [9.17, 15) is 4.79 Å². The van der Waals surface area contributed by atoms with Crippen LogP contribution in [0.5, 0.6) is 0 Å². The Balaban J connectivity index is 0. The minimum Gasteiger partial charge on any atom is -0.481 e. The molecule has 0 bridgehead atoms. The van der Waals surface area contributed by atoms with Crippen molar-refractivity contribution in [3.63, 3.8) is 0 Å². The molecule has 0 aliphatic carbocycles. The number of carboxylic acid groups (broad SMARTS) is 1. The molecular weight excluding hydrogens is 245 g/mol. The molecule has 0 spiro atoms. The molecule has 2 nitrogen and oxygen atoms in total. The summed E-state index contributed by atoms with van der Waals surface area (Å²) in [6.45, 7) is 6.03. The molecule has 0 saturated heterocycles. The van der Waals surface area contributed by atoms with Crippen LogP contribution in [-0.4, -0.2) is 11.1 Å². The number of carboxylic acids is 1. The van der Waals surface area contributed by atoms with Crippen molar-refractivity contribution >= 4 is 5.97 Å². The van der Waals surface area contributed by atoms with Gasteiger partial charge in [-0.05, 0) is 19.3 Å². The third kappa shape index (κ3) is 4.30. The number of rotatable bonds is 6. The average Bonchev–Trinajstić information content (AvgIpc) is 2.07. The Hall–Kier alpha value is 0.210. The summed E-state index contributed by atoms with van der Waals surface area (Å²) in [6, 6.07) is 0. The second-order valence-electron chi connectivity index (χ2n) is 3.40. The number of aliphatic carboxylic acids is 1. The van der Waals surface area contributed by atoms with Gasteiger partial charge in [0.25, 0.3) is 0 Å². The summed E-state index contributed by atoms with van der Waals surface area (Å²) in [4.78, 5) is 11.0. The smallest absolute Gasteiger partial charge is 0.309 e. The van der Waals surface area contributed by atoms with Crippen molar-refractivity contribution in [2.45, 2.75) is 52.9 Å². The zero-order chi connectivity index (χ0) is 9.61. The topological polar surface area (TPSA) is 37.3 Å². The Morgan fingerprint density at radius 2 is 1.69 bits per heavy atom. The predicted molar refractivity (Wildman–Crippen MR) is 50.2 cm³/mol. The van der Waals surface area contributed by atoms with E-state index in [-0.39, 0.29) is 22.4 Å². The molecule has 0 rings (SSSR count). The molecule has 0 atom stereocenters. The minimum atomic E-state index is -0.624. The van der Waals surface area contributed by atoms with Crippen molar-refractivity contribution in [1.82, 2.24) is 0 Å². The van der Waals surface area contributed by atoms with Gasteiger partial charge < -0.3 is 5.11 Å². The summed E-state index contributed by atoms with van der Waals surface area (Å²) in [6.07, 6.45) is 4.42. The number of hydrogen-bond acceptors (Lipinski definition) is 1. The summed E-state index contributed by atoms with van der Waals surface area (Å²) >= 11 is 0. The normalized spacial score (nSPS) is 10.7. The van der Waals surface area contributed by atoms with Gasteiger partial charge in [-0.15, -0.1) is 0 Å². The maximum absolute atomic E-state index is 11.0. The predicted octanol–water partition coefficient (Wildman–Crippen LogP) is 3.07. The summed E-state index contributed by atoms with van der Waals surface area (Å²) in [5, 5.41) is 9.05. The Morgan fingerprint density at radius 3 is 1.92 bits per heavy atom. The van der Waals surface area contributed by atoms with Crippen molar-refractivity contribution < 1.29 is 32.3 Å². The third-order valence-corrected chi connectivity index (χ3v) is 2.82. The van der Waals surface area contributed by atoms with E-state index < -0.39 is 11.4 Å². The van der Waals surface area contributed by atoms with E-state index in [0.717, 1.165) is 32.1 Å². The molecule has 0 fully saturated rings. The molecule has 13 heavy (non-hydrogen) atoms. The van der Waals surface area contributed by atoms with E-state index in [2.05, 4.69) is 6.92 Å². The third-order valence-electron chi connectivity index (χ3n) is 2.82. The fraction of sp³-hybridized carbons (Fsp3) is 0.900. The van der Waals surface area contributed by atoms with E-state index in [1.165, 1.54) is 0 Å². The van der Waals surface area contributed by atoms with Gasteiger partial charge in [0.15, 0.2) is 0 Å². The van der Waals surface area contributed by atoms with Crippen LogP contribution in [0.4, 0.5) is 0 Å². The Kier molecular flexibility index (Phi) is 9.16. The maximum atomic E-state index is 11.0. The van der Waals surface area contributed by atoms with Crippen molar-refractivity contribution in [1.29, 1.82) is 0 Å². The van der Waals surface area contributed by atoms with Gasteiger partial charge >= 0.3 is 5.97 Å². The molecule has 1 radical (unpaired) electrons. The molecule has 3 heteroatoms. The number of unbranched alkanes of at least 4 members (excludes halogenated alkanes) is 1. The largest absolute Gasteiger partial charge is 0.481 e. The van der Waals surface area contributed by atoms with Gasteiger partial charge in [0.1, 0.15) is 0 Å². The Morgan fingerprint density at radius 1 is 1.23 bits per heavy atom. The standard InChI is InChI=1S/C10H20O2.Nb/c1-4-7-8-10(5-2,6-3)9(11)12;/h4-8H2,1-3H3,(H,11,12);. The number of carbonyl (C=O) groups is 1. The maximum Gasteiger partial charge on any atom is 0.309 e. The van der Waals surface area contributed by atoms with Crippen LogP contribution in [0.1, 0.15) is 52.9 Å². The molecule has 0 unspecified atom stereocenters. The molecule has 0 heterocycles. The van der Waals surface area contributed by atoms with Gasteiger partial charge in [-0.1, -0.05) is 33.6 Å². The monoisotopic (exact) mass is 265 g/mol. The van der Waals surface area contributed by atoms with Gasteiger partial charge in [0.05, 0.1) is 5.41 Å². The zero-order valence-electron chi connectivity index (χ0n) is 8.84. The molecule has 0 aromatic carbocycles. The molecule has 1 N–H and O–H groups in total. The van der Waals surface area contributed by atoms with Gasteiger partial charge in [0.2, 0.25) is 0 Å². The first-order chi connectivity index (χ1) is 5.63. The van der Waals surface area contributed by atoms with Crippen molar-refractivity contribution in [3.8, 4) is 0 Å². The van der Waals surface area contributed by atoms with Crippen LogP contribution in [0.3, 0.4) is 0 Å². The van der Waals surface area contributed by atoms with Gasteiger partial charge in [-0.25, -0.2) is 0 Å². The van der Waals surface area contributed by atoms with Crippen LogP contribution >= 0.6 is 0 Å². The first-order valence-electron chi connectivity index (χ1n) is 4.86. The van der Waals surface area contributed by atoms with E-state index in [0.29, 0.717) is 0 Å². The van der Waals surface area contributed by atoms with E-state index >= 15 is 0 Å². The van der Waals surface area contributed by atoms with Crippen LogP contribution in [0.15, 0.2) is 0 Å². The fourth-order valence-electron chi connectivity index (χ4n) is 1.53. The molecule has 0 aromatic heterocycles. The molecule has 77 valence electrons. The van der Waals surface area contributed by atoms with Crippen LogP contribution in [0.2, 0.25) is 0 Å². The van der Waals surface area contributed by atoms with Gasteiger partial charge in [-0.2, -0.15) is 0 Å². The van der Waals surface area contributed by atoms with Crippen molar-refractivity contribution in [3.05, 3.63) is 0 Å². The van der Waals surface area contributed by atoms with Crippen molar-refractivity contribution in [2.75, 3.05) is 0 Å². The first-order valence-corrected chi connectivity index (χ1v) is 4.86. The number of hydrogen-bond donors (Lipinski definition) is 1. The molecule has 0 aromatic rings. The molecule has 0 amide bonds. The quantitative estimate of drug-likeness (QED) is 0.749. The summed E-state index contributed by atoms with van der Waals surface area (Å²) in [5.74, 6) is -0.624. The van der Waals surface area contributed by atoms with Gasteiger partial charge in [-0.3, -0.25) is 4.79 Å². The molecule has 0 saturated carbocycles. The summed E-state index contributed by atoms with van der Waals surface area (Å²) in [5.41, 5.74) is -0.448. The summed E-state index contributed by atoms with van der Waals surface area (Å²) in [7, 11) is 0. The molecular formula is C10H20NbO2. The van der Waals surface area contributed by atoms with Crippen LogP contribution in [-0.2, 0) is 27.2 Å². The minimum absolute atomic E-state index is 0. The van der Waals surface area contributed by atoms with Crippen LogP contribution in [0, 0.1) is 5.41 Å². The molecule has 0 aliphatic heterocycles. The molecule has 0 aliphatic rings. The fourth-order valence-corrected chi connectivity index (χ4v) is 1.53. The van der Waals surface area contributed by atoms with E-state index in [1.54, 1.807) is 0 Å². The summed E-state index contributed by atoms with van der Waals surface area (Å²) < 4.78 is 0. The Labute approximate surface area is 96.6 Å². The second kappa shape index (κ2) is 7.60. The zero-order valence-corrected chi connectivity index (χ0v) is 11.0. The van der Waals surface area contributed by atoms with Crippen LogP contribution < -0.4 is 0 Å². The van der Waals surface area contributed by atoms with E-state index in [1.807, 2.05) is 13.8 Å². The second-order valence-corrected chi connectivity index (χ2v) is 3.40. The van der Waals surface area contributed by atoms with Gasteiger partial charge in [0, 0.05) is 22.4 Å². The van der Waals surface area contributed by atoms with Crippen molar-refractivity contribution in [2.24, 2.45) is 5.41 Å². The average molecular weight is 265 g/mol. The SMILES string of the molecule is CCCCC(CC)(CC)C(=O)O.[Nb].